The first-order chi connectivity index (χ1) is 9.10. The van der Waals surface area contributed by atoms with E-state index in [0.717, 1.165) is 0 Å². The van der Waals surface area contributed by atoms with Gasteiger partial charge in [-0.1, -0.05) is 60.7 Å². The third kappa shape index (κ3) is 2.13. The van der Waals surface area contributed by atoms with Crippen LogP contribution in [0, 0.1) is 0 Å². The van der Waals surface area contributed by atoms with Gasteiger partial charge in [-0.25, -0.2) is 0 Å². The number of benzene rings is 2. The van der Waals surface area contributed by atoms with Crippen molar-refractivity contribution in [3.05, 3.63) is 71.8 Å². The highest BCUT2D eigenvalue weighted by Crippen LogP contribution is 2.35. The first kappa shape index (κ1) is 13.3. The van der Waals surface area contributed by atoms with Crippen molar-refractivity contribution in [2.24, 2.45) is 5.73 Å². The van der Waals surface area contributed by atoms with Crippen molar-refractivity contribution in [3.8, 4) is 0 Å². The van der Waals surface area contributed by atoms with Crippen LogP contribution in [0.2, 0.25) is 0 Å². The number of nitrogens with two attached hydrogens (primary N) is 1. The number of aliphatic carboxylic acids is 1. The van der Waals surface area contributed by atoms with Gasteiger partial charge in [-0.15, -0.1) is 0 Å². The molecule has 0 radical (unpaired) electrons. The van der Waals surface area contributed by atoms with Crippen molar-refractivity contribution >= 4 is 5.97 Å². The third-order valence-corrected chi connectivity index (χ3v) is 3.48. The van der Waals surface area contributed by atoms with E-state index in [1.807, 2.05) is 60.7 Å². The molecule has 3 heteroatoms. The molecule has 98 valence electrons. The van der Waals surface area contributed by atoms with Crippen LogP contribution in [0.4, 0.5) is 0 Å². The molecule has 0 aliphatic heterocycles. The molecule has 0 heterocycles. The molecule has 0 saturated heterocycles. The molecule has 2 aromatic carbocycles. The first-order valence-corrected chi connectivity index (χ1v) is 6.20. The van der Waals surface area contributed by atoms with Crippen LogP contribution in [0.1, 0.15) is 18.1 Å². The molecule has 0 fully saturated rings. The normalized spacial score (nSPS) is 12.9. The molecule has 0 amide bonds. The summed E-state index contributed by atoms with van der Waals surface area (Å²) in [6, 6.07) is 17.7. The van der Waals surface area contributed by atoms with Crippen LogP contribution in [-0.4, -0.2) is 17.1 Å². The molecule has 0 spiro atoms. The lowest BCUT2D eigenvalue weighted by Crippen LogP contribution is -2.50. The van der Waals surface area contributed by atoms with Crippen molar-refractivity contribution in [3.63, 3.8) is 0 Å². The fraction of sp³-hybridized carbons (Fsp3) is 0.188. The van der Waals surface area contributed by atoms with E-state index in [4.69, 9.17) is 5.73 Å². The Morgan fingerprint density at radius 2 is 1.37 bits per heavy atom. The lowest BCUT2D eigenvalue weighted by atomic mass is 9.70. The van der Waals surface area contributed by atoms with Crippen LogP contribution in [-0.2, 0) is 10.2 Å². The molecule has 3 N–H and O–H groups in total. The molecule has 0 bridgehead atoms. The van der Waals surface area contributed by atoms with E-state index in [-0.39, 0.29) is 0 Å². The summed E-state index contributed by atoms with van der Waals surface area (Å²) in [6.07, 6.45) is 0. The minimum Gasteiger partial charge on any atom is -0.480 e. The van der Waals surface area contributed by atoms with E-state index >= 15 is 0 Å². The highest BCUT2D eigenvalue weighted by Gasteiger charge is 2.45. The topological polar surface area (TPSA) is 63.3 Å². The minimum absolute atomic E-state index is 0.546. The molecular formula is C16H17NO2. The number of hydrogen-bond donors (Lipinski definition) is 2. The molecule has 0 aliphatic rings. The molecule has 1 unspecified atom stereocenters. The molecule has 0 aliphatic carbocycles. The molecule has 19 heavy (non-hydrogen) atoms. The van der Waals surface area contributed by atoms with Gasteiger partial charge < -0.3 is 10.8 Å². The van der Waals surface area contributed by atoms with Crippen LogP contribution in [0.5, 0.6) is 0 Å². The number of rotatable bonds is 4. The zero-order chi connectivity index (χ0) is 13.9. The van der Waals surface area contributed by atoms with E-state index in [0.29, 0.717) is 11.1 Å². The van der Waals surface area contributed by atoms with Crippen molar-refractivity contribution < 1.29 is 9.90 Å². The first-order valence-electron chi connectivity index (χ1n) is 6.20. The van der Waals surface area contributed by atoms with Crippen LogP contribution in [0.15, 0.2) is 60.7 Å². The maximum atomic E-state index is 12.0. The van der Waals surface area contributed by atoms with Gasteiger partial charge in [-0.2, -0.15) is 0 Å². The van der Waals surface area contributed by atoms with Crippen molar-refractivity contribution in [1.82, 2.24) is 0 Å². The van der Waals surface area contributed by atoms with Crippen LogP contribution < -0.4 is 5.73 Å². The van der Waals surface area contributed by atoms with E-state index in [1.54, 1.807) is 6.92 Å². The van der Waals surface area contributed by atoms with E-state index in [1.165, 1.54) is 0 Å². The van der Waals surface area contributed by atoms with Crippen LogP contribution >= 0.6 is 0 Å². The van der Waals surface area contributed by atoms with E-state index < -0.39 is 17.4 Å². The summed E-state index contributed by atoms with van der Waals surface area (Å²) in [5.41, 5.74) is 6.23. The summed E-state index contributed by atoms with van der Waals surface area (Å²) in [5, 5.41) is 9.82. The Kier molecular flexibility index (Phi) is 3.67. The summed E-state index contributed by atoms with van der Waals surface area (Å²) < 4.78 is 0. The largest absolute Gasteiger partial charge is 0.480 e. The van der Waals surface area contributed by atoms with Gasteiger partial charge in [0.2, 0.25) is 0 Å². The monoisotopic (exact) mass is 255 g/mol. The van der Waals surface area contributed by atoms with Crippen molar-refractivity contribution in [2.45, 2.75) is 18.4 Å². The Bertz CT molecular complexity index is 510. The third-order valence-electron chi connectivity index (χ3n) is 3.48. The molecule has 0 saturated carbocycles. The second kappa shape index (κ2) is 5.24. The molecule has 0 aromatic heterocycles. The van der Waals surface area contributed by atoms with Gasteiger partial charge in [0, 0.05) is 6.04 Å². The Balaban J connectivity index is 2.73. The summed E-state index contributed by atoms with van der Waals surface area (Å²) in [6.45, 7) is 1.73. The van der Waals surface area contributed by atoms with Crippen molar-refractivity contribution in [2.75, 3.05) is 0 Å². The maximum Gasteiger partial charge on any atom is 0.320 e. The van der Waals surface area contributed by atoms with E-state index in [2.05, 4.69) is 0 Å². The number of carboxylic acid groups (broad SMARTS) is 1. The molecule has 2 rings (SSSR count). The zero-order valence-electron chi connectivity index (χ0n) is 10.8. The highest BCUT2D eigenvalue weighted by molar-refractivity contribution is 5.87. The fourth-order valence-electron chi connectivity index (χ4n) is 2.54. The number of carboxylic acids is 1. The lowest BCUT2D eigenvalue weighted by molar-refractivity contribution is -0.142. The predicted octanol–water partition coefficient (Wildman–Crippen LogP) is 2.40. The Morgan fingerprint density at radius 1 is 1.00 bits per heavy atom. The summed E-state index contributed by atoms with van der Waals surface area (Å²) in [7, 11) is 0. The standard InChI is InChI=1S/C16H17NO2/c1-12(17)16(15(18)19,13-8-4-2-5-9-13)14-10-6-3-7-11-14/h2-12H,17H2,1H3,(H,18,19). The Labute approximate surface area is 112 Å². The molecule has 1 atom stereocenters. The summed E-state index contributed by atoms with van der Waals surface area (Å²) in [4.78, 5) is 12.0. The summed E-state index contributed by atoms with van der Waals surface area (Å²) in [5.74, 6) is -0.931. The van der Waals surface area contributed by atoms with E-state index in [9.17, 15) is 9.90 Å². The highest BCUT2D eigenvalue weighted by atomic mass is 16.4. The lowest BCUT2D eigenvalue weighted by Gasteiger charge is -2.34. The van der Waals surface area contributed by atoms with Gasteiger partial charge >= 0.3 is 5.97 Å². The van der Waals surface area contributed by atoms with Crippen molar-refractivity contribution in [1.29, 1.82) is 0 Å². The SMILES string of the molecule is CC(N)C(C(=O)O)(c1ccccc1)c1ccccc1. The number of hydrogen-bond acceptors (Lipinski definition) is 2. The van der Waals surface area contributed by atoms with Gasteiger partial charge in [-0.3, -0.25) is 4.79 Å². The van der Waals surface area contributed by atoms with Crippen LogP contribution in [0.25, 0.3) is 0 Å². The van der Waals surface area contributed by atoms with Gasteiger partial charge in [0.1, 0.15) is 5.41 Å². The smallest absolute Gasteiger partial charge is 0.320 e. The average molecular weight is 255 g/mol. The molecule has 3 nitrogen and oxygen atoms in total. The second-order valence-electron chi connectivity index (χ2n) is 4.63. The molecular weight excluding hydrogens is 238 g/mol. The van der Waals surface area contributed by atoms with Gasteiger partial charge in [-0.05, 0) is 18.1 Å². The number of carbonyl (C=O) groups is 1. The summed E-state index contributed by atoms with van der Waals surface area (Å²) >= 11 is 0. The second-order valence-corrected chi connectivity index (χ2v) is 4.63. The average Bonchev–Trinajstić information content (AvgIpc) is 2.41. The molecule has 2 aromatic rings. The fourth-order valence-corrected chi connectivity index (χ4v) is 2.54. The zero-order valence-corrected chi connectivity index (χ0v) is 10.8. The Hall–Kier alpha value is -2.13. The maximum absolute atomic E-state index is 12.0. The quantitative estimate of drug-likeness (QED) is 0.881. The predicted molar refractivity (Wildman–Crippen MR) is 74.9 cm³/mol. The minimum atomic E-state index is -1.22. The Morgan fingerprint density at radius 3 is 1.63 bits per heavy atom. The van der Waals surface area contributed by atoms with Gasteiger partial charge in [0.15, 0.2) is 0 Å². The van der Waals surface area contributed by atoms with Crippen LogP contribution in [0.3, 0.4) is 0 Å². The van der Waals surface area contributed by atoms with Gasteiger partial charge in [0.25, 0.3) is 0 Å². The van der Waals surface area contributed by atoms with Gasteiger partial charge in [0.05, 0.1) is 0 Å².